The van der Waals surface area contributed by atoms with E-state index >= 15 is 0 Å². The molecule has 0 fully saturated rings. The minimum Gasteiger partial charge on any atom is -0.545 e. The fourth-order valence-electron chi connectivity index (χ4n) is 1.81. The van der Waals surface area contributed by atoms with E-state index in [2.05, 4.69) is 5.10 Å². The predicted octanol–water partition coefficient (Wildman–Crippen LogP) is -4.08. The van der Waals surface area contributed by atoms with E-state index in [1.165, 1.54) is 0 Å². The molecular formula is C12H10N3NaO6S. The largest absolute Gasteiger partial charge is 1.00 e. The van der Waals surface area contributed by atoms with Crippen LogP contribution >= 0.6 is 0 Å². The summed E-state index contributed by atoms with van der Waals surface area (Å²) < 4.78 is 24.0. The van der Waals surface area contributed by atoms with Gasteiger partial charge in [-0.15, -0.1) is 0 Å². The number of aromatic nitrogens is 2. The zero-order valence-corrected chi connectivity index (χ0v) is 15.0. The fourth-order valence-corrected chi connectivity index (χ4v) is 2.51. The van der Waals surface area contributed by atoms with Gasteiger partial charge in [-0.1, -0.05) is 0 Å². The molecule has 0 saturated carbocycles. The summed E-state index contributed by atoms with van der Waals surface area (Å²) in [5.74, 6) is -3.20. The Labute approximate surface area is 152 Å². The maximum Gasteiger partial charge on any atom is 1.00 e. The zero-order chi connectivity index (χ0) is 16.7. The Hall–Kier alpha value is -1.88. The first-order valence-electron chi connectivity index (χ1n) is 5.75. The molecule has 11 heteroatoms. The van der Waals surface area contributed by atoms with Gasteiger partial charge in [-0.3, -0.25) is 0 Å². The standard InChI is InChI=1S/C12H11N3O6S.Na/c1-22(20,21)9-5-14-15(10(9)13)8-3-6(11(16)17)2-7(4-8)12(18)19;/h2-5H,13H2,1H3,(H,16,17)(H,18,19);/q;+1/p-1. The number of benzene rings is 1. The summed E-state index contributed by atoms with van der Waals surface area (Å²) in [5, 5.41) is 23.7. The molecule has 0 saturated heterocycles. The first kappa shape index (κ1) is 19.2. The second-order valence-electron chi connectivity index (χ2n) is 4.44. The molecule has 0 radical (unpaired) electrons. The summed E-state index contributed by atoms with van der Waals surface area (Å²) in [6, 6.07) is 3.11. The number of carboxylic acid groups (broad SMARTS) is 2. The van der Waals surface area contributed by atoms with Crippen LogP contribution in [0, 0.1) is 0 Å². The molecule has 0 aliphatic heterocycles. The average Bonchev–Trinajstić information content (AvgIpc) is 2.79. The molecule has 0 bridgehead atoms. The second-order valence-corrected chi connectivity index (χ2v) is 6.42. The molecular weight excluding hydrogens is 337 g/mol. The van der Waals surface area contributed by atoms with Gasteiger partial charge in [-0.05, 0) is 18.2 Å². The molecule has 0 atom stereocenters. The number of sulfone groups is 1. The van der Waals surface area contributed by atoms with Crippen molar-refractivity contribution in [2.24, 2.45) is 0 Å². The molecule has 2 aromatic rings. The Kier molecular flexibility index (Phi) is 5.59. The van der Waals surface area contributed by atoms with Gasteiger partial charge in [0, 0.05) is 11.8 Å². The predicted molar refractivity (Wildman–Crippen MR) is 72.4 cm³/mol. The van der Waals surface area contributed by atoms with Gasteiger partial charge >= 0.3 is 35.5 Å². The molecule has 0 spiro atoms. The van der Waals surface area contributed by atoms with Gasteiger partial charge in [0.15, 0.2) is 9.84 Å². The van der Waals surface area contributed by atoms with Gasteiger partial charge in [-0.25, -0.2) is 17.9 Å². The van der Waals surface area contributed by atoms with Crippen LogP contribution in [0.5, 0.6) is 0 Å². The molecule has 23 heavy (non-hydrogen) atoms. The number of nitrogen functional groups attached to an aromatic ring is 1. The van der Waals surface area contributed by atoms with E-state index in [4.69, 9.17) is 10.8 Å². The number of nitrogens with two attached hydrogens (primary N) is 1. The van der Waals surface area contributed by atoms with Crippen LogP contribution in [0.25, 0.3) is 5.69 Å². The summed E-state index contributed by atoms with van der Waals surface area (Å²) >= 11 is 0. The summed E-state index contributed by atoms with van der Waals surface area (Å²) in [7, 11) is -3.63. The number of carboxylic acids is 2. The van der Waals surface area contributed by atoms with Crippen LogP contribution in [0.4, 0.5) is 5.82 Å². The molecule has 1 aromatic carbocycles. The number of nitrogens with zero attached hydrogens (tertiary/aromatic N) is 2. The molecule has 1 heterocycles. The fraction of sp³-hybridized carbons (Fsp3) is 0.0833. The summed E-state index contributed by atoms with van der Waals surface area (Å²) in [6.07, 6.45) is 1.93. The van der Waals surface area contributed by atoms with E-state index in [9.17, 15) is 23.1 Å². The molecule has 1 aromatic heterocycles. The minimum atomic E-state index is -3.63. The van der Waals surface area contributed by atoms with Crippen molar-refractivity contribution >= 4 is 27.6 Å². The van der Waals surface area contributed by atoms with Crippen molar-refractivity contribution < 1.29 is 57.8 Å². The van der Waals surface area contributed by atoms with Gasteiger partial charge in [0.2, 0.25) is 0 Å². The maximum atomic E-state index is 11.5. The van der Waals surface area contributed by atoms with Crippen molar-refractivity contribution in [1.82, 2.24) is 9.78 Å². The SMILES string of the molecule is CS(=O)(=O)c1cnn(-c2cc(C(=O)[O-])cc(C(=O)O)c2)c1N.[Na+]. The van der Waals surface area contributed by atoms with Crippen LogP contribution in [0.15, 0.2) is 29.3 Å². The number of hydrogen-bond acceptors (Lipinski definition) is 7. The molecule has 0 aliphatic rings. The van der Waals surface area contributed by atoms with Gasteiger partial charge < -0.3 is 20.7 Å². The van der Waals surface area contributed by atoms with Crippen LogP contribution in [-0.2, 0) is 9.84 Å². The Morgan fingerprint density at radius 3 is 2.26 bits per heavy atom. The first-order valence-corrected chi connectivity index (χ1v) is 7.64. The smallest absolute Gasteiger partial charge is 0.545 e. The number of hydrogen-bond donors (Lipinski definition) is 2. The first-order chi connectivity index (χ1) is 10.1. The maximum absolute atomic E-state index is 11.5. The van der Waals surface area contributed by atoms with E-state index in [0.717, 1.165) is 35.3 Å². The van der Waals surface area contributed by atoms with Crippen molar-refractivity contribution in [2.75, 3.05) is 12.0 Å². The van der Waals surface area contributed by atoms with Crippen molar-refractivity contribution in [2.45, 2.75) is 4.90 Å². The normalized spacial score (nSPS) is 10.8. The Morgan fingerprint density at radius 1 is 1.26 bits per heavy atom. The molecule has 0 aliphatic carbocycles. The molecule has 9 nitrogen and oxygen atoms in total. The quantitative estimate of drug-likeness (QED) is 0.529. The van der Waals surface area contributed by atoms with Crippen LogP contribution in [0.1, 0.15) is 20.7 Å². The summed E-state index contributed by atoms with van der Waals surface area (Å²) in [6.45, 7) is 0. The number of carbonyl (C=O) groups excluding carboxylic acids is 1. The molecule has 116 valence electrons. The Bertz CT molecular complexity index is 858. The summed E-state index contributed by atoms with van der Waals surface area (Å²) in [5.41, 5.74) is 4.95. The molecule has 0 amide bonds. The van der Waals surface area contributed by atoms with Gasteiger partial charge in [0.25, 0.3) is 0 Å². The van der Waals surface area contributed by atoms with E-state index in [-0.39, 0.29) is 51.5 Å². The van der Waals surface area contributed by atoms with Gasteiger partial charge in [-0.2, -0.15) is 5.10 Å². The second kappa shape index (κ2) is 6.71. The number of anilines is 1. The third-order valence-corrected chi connectivity index (χ3v) is 3.93. The van der Waals surface area contributed by atoms with Crippen LogP contribution < -0.4 is 40.4 Å². The van der Waals surface area contributed by atoms with E-state index in [1.54, 1.807) is 0 Å². The molecule has 3 N–H and O–H groups in total. The van der Waals surface area contributed by atoms with Crippen molar-refractivity contribution in [3.05, 3.63) is 35.5 Å². The Balaban J connectivity index is 0.00000264. The number of carbonyl (C=O) groups is 2. The number of aromatic carboxylic acids is 2. The van der Waals surface area contributed by atoms with E-state index < -0.39 is 27.3 Å². The van der Waals surface area contributed by atoms with Crippen molar-refractivity contribution in [3.63, 3.8) is 0 Å². The van der Waals surface area contributed by atoms with Crippen LogP contribution in [0.2, 0.25) is 0 Å². The number of rotatable bonds is 4. The molecule has 2 rings (SSSR count). The van der Waals surface area contributed by atoms with Crippen molar-refractivity contribution in [3.8, 4) is 5.69 Å². The summed E-state index contributed by atoms with van der Waals surface area (Å²) in [4.78, 5) is 21.7. The van der Waals surface area contributed by atoms with Gasteiger partial charge in [0.05, 0.1) is 23.4 Å². The minimum absolute atomic E-state index is 0. The monoisotopic (exact) mass is 347 g/mol. The third-order valence-electron chi connectivity index (χ3n) is 2.82. The third kappa shape index (κ3) is 3.91. The van der Waals surface area contributed by atoms with Crippen LogP contribution in [-0.4, -0.2) is 41.5 Å². The zero-order valence-electron chi connectivity index (χ0n) is 12.2. The van der Waals surface area contributed by atoms with E-state index in [0.29, 0.717) is 0 Å². The Morgan fingerprint density at radius 2 is 1.83 bits per heavy atom. The average molecular weight is 347 g/mol. The van der Waals surface area contributed by atoms with Crippen molar-refractivity contribution in [1.29, 1.82) is 0 Å². The van der Waals surface area contributed by atoms with E-state index in [1.807, 2.05) is 0 Å². The topological polar surface area (TPSA) is 155 Å². The van der Waals surface area contributed by atoms with Crippen LogP contribution in [0.3, 0.4) is 0 Å². The molecule has 0 unspecified atom stereocenters. The van der Waals surface area contributed by atoms with Gasteiger partial charge in [0.1, 0.15) is 10.7 Å².